The van der Waals surface area contributed by atoms with Gasteiger partial charge in [-0.3, -0.25) is 9.59 Å². The van der Waals surface area contributed by atoms with Crippen LogP contribution >= 0.6 is 12.2 Å². The number of thiocarbonyl (C=S) groups is 1. The molecule has 0 aromatic heterocycles. The molecular weight excluding hydrogens is 192 g/mol. The summed E-state index contributed by atoms with van der Waals surface area (Å²) in [6.45, 7) is 0.867. The van der Waals surface area contributed by atoms with E-state index in [1.54, 1.807) is 4.90 Å². The van der Waals surface area contributed by atoms with Crippen molar-refractivity contribution in [1.29, 1.82) is 0 Å². The van der Waals surface area contributed by atoms with Crippen molar-refractivity contribution in [2.24, 2.45) is 0 Å². The Morgan fingerprint density at radius 3 is 2.92 bits per heavy atom. The van der Waals surface area contributed by atoms with Gasteiger partial charge in [0.1, 0.15) is 0 Å². The zero-order valence-corrected chi connectivity index (χ0v) is 7.76. The quantitative estimate of drug-likeness (QED) is 0.608. The first-order chi connectivity index (χ1) is 6.09. The van der Waals surface area contributed by atoms with Crippen molar-refractivity contribution >= 4 is 29.2 Å². The zero-order valence-electron chi connectivity index (χ0n) is 6.95. The highest BCUT2D eigenvalue weighted by molar-refractivity contribution is 7.80. The molecule has 0 bridgehead atoms. The summed E-state index contributed by atoms with van der Waals surface area (Å²) in [5.41, 5.74) is 0. The van der Waals surface area contributed by atoms with Crippen molar-refractivity contribution in [2.45, 2.75) is 12.8 Å². The van der Waals surface area contributed by atoms with E-state index in [1.807, 2.05) is 0 Å². The second-order valence-electron chi connectivity index (χ2n) is 2.73. The number of hydrogen-bond acceptors (Lipinski definition) is 3. The van der Waals surface area contributed by atoms with Crippen LogP contribution in [0.25, 0.3) is 0 Å². The fourth-order valence-electron chi connectivity index (χ4n) is 1.04. The number of amides is 1. The molecule has 1 heterocycles. The summed E-state index contributed by atoms with van der Waals surface area (Å²) >= 11 is 4.86. The van der Waals surface area contributed by atoms with Crippen LogP contribution in [0.5, 0.6) is 0 Å². The van der Waals surface area contributed by atoms with Gasteiger partial charge in [0.2, 0.25) is 5.91 Å². The smallest absolute Gasteiger partial charge is 0.305 e. The zero-order chi connectivity index (χ0) is 9.84. The molecule has 72 valence electrons. The molecule has 6 heteroatoms. The predicted molar refractivity (Wildman–Crippen MR) is 49.2 cm³/mol. The Morgan fingerprint density at radius 2 is 2.38 bits per heavy atom. The Balaban J connectivity index is 2.38. The number of hydrogen-bond donors (Lipinski definition) is 2. The molecule has 1 saturated heterocycles. The Labute approximate surface area is 80.7 Å². The van der Waals surface area contributed by atoms with Gasteiger partial charge in [0.25, 0.3) is 0 Å². The van der Waals surface area contributed by atoms with E-state index >= 15 is 0 Å². The van der Waals surface area contributed by atoms with Gasteiger partial charge < -0.3 is 15.3 Å². The van der Waals surface area contributed by atoms with Crippen molar-refractivity contribution in [3.8, 4) is 0 Å². The number of aliphatic carboxylic acids is 1. The summed E-state index contributed by atoms with van der Waals surface area (Å²) in [7, 11) is 0. The van der Waals surface area contributed by atoms with E-state index in [9.17, 15) is 9.59 Å². The maximum absolute atomic E-state index is 10.8. The second-order valence-corrected chi connectivity index (χ2v) is 3.12. The lowest BCUT2D eigenvalue weighted by Crippen LogP contribution is -2.49. The Kier molecular flexibility index (Phi) is 3.18. The minimum absolute atomic E-state index is 0.0377. The fraction of sp³-hybridized carbons (Fsp3) is 0.571. The van der Waals surface area contributed by atoms with Crippen molar-refractivity contribution in [3.63, 3.8) is 0 Å². The summed E-state index contributed by atoms with van der Waals surface area (Å²) in [4.78, 5) is 22.8. The van der Waals surface area contributed by atoms with Crippen LogP contribution in [0.1, 0.15) is 12.8 Å². The van der Waals surface area contributed by atoms with Gasteiger partial charge in [0.05, 0.1) is 6.42 Å². The molecule has 0 radical (unpaired) electrons. The molecule has 5 nitrogen and oxygen atoms in total. The number of carbonyl (C=O) groups excluding carboxylic acids is 1. The van der Waals surface area contributed by atoms with Crippen LogP contribution in [0.4, 0.5) is 0 Å². The van der Waals surface area contributed by atoms with Crippen molar-refractivity contribution in [1.82, 2.24) is 10.2 Å². The Morgan fingerprint density at radius 1 is 1.69 bits per heavy atom. The molecule has 0 aromatic rings. The number of carboxylic acids is 1. The van der Waals surface area contributed by atoms with E-state index in [1.165, 1.54) is 0 Å². The van der Waals surface area contributed by atoms with E-state index in [-0.39, 0.29) is 12.3 Å². The summed E-state index contributed by atoms with van der Waals surface area (Å²) in [5.74, 6) is -0.962. The highest BCUT2D eigenvalue weighted by Crippen LogP contribution is 2.01. The molecule has 13 heavy (non-hydrogen) atoms. The van der Waals surface area contributed by atoms with Gasteiger partial charge in [-0.25, -0.2) is 0 Å². The number of nitrogens with zero attached hydrogens (tertiary/aromatic N) is 1. The summed E-state index contributed by atoms with van der Waals surface area (Å²) in [5, 5.41) is 11.2. The van der Waals surface area contributed by atoms with E-state index in [0.29, 0.717) is 24.6 Å². The van der Waals surface area contributed by atoms with Crippen molar-refractivity contribution in [2.75, 3.05) is 13.1 Å². The van der Waals surface area contributed by atoms with Crippen molar-refractivity contribution < 1.29 is 14.7 Å². The van der Waals surface area contributed by atoms with Gasteiger partial charge in [0.15, 0.2) is 5.11 Å². The lowest BCUT2D eigenvalue weighted by atomic mass is 10.3. The number of carbonyl (C=O) groups is 2. The normalized spacial score (nSPS) is 17.1. The summed E-state index contributed by atoms with van der Waals surface area (Å²) < 4.78 is 0. The summed E-state index contributed by atoms with van der Waals surface area (Å²) in [6, 6.07) is 0. The van der Waals surface area contributed by atoms with Crippen molar-refractivity contribution in [3.05, 3.63) is 0 Å². The minimum atomic E-state index is -0.861. The van der Waals surface area contributed by atoms with E-state index in [2.05, 4.69) is 5.32 Å². The third kappa shape index (κ3) is 2.98. The molecule has 1 fully saturated rings. The van der Waals surface area contributed by atoms with Gasteiger partial charge in [-0.2, -0.15) is 0 Å². The van der Waals surface area contributed by atoms with Crippen LogP contribution in [0.2, 0.25) is 0 Å². The molecule has 2 N–H and O–H groups in total. The molecule has 0 saturated carbocycles. The number of rotatable bonds is 3. The number of nitrogens with one attached hydrogen (secondary N) is 1. The van der Waals surface area contributed by atoms with Crippen LogP contribution in [-0.4, -0.2) is 40.1 Å². The van der Waals surface area contributed by atoms with Crippen LogP contribution in [0.15, 0.2) is 0 Å². The lowest BCUT2D eigenvalue weighted by Gasteiger charge is -2.28. The third-order valence-electron chi connectivity index (χ3n) is 1.74. The monoisotopic (exact) mass is 202 g/mol. The molecule has 0 aliphatic carbocycles. The van der Waals surface area contributed by atoms with E-state index in [4.69, 9.17) is 17.3 Å². The first-order valence-corrected chi connectivity index (χ1v) is 4.31. The van der Waals surface area contributed by atoms with Crippen LogP contribution in [0.3, 0.4) is 0 Å². The Bertz CT molecular complexity index is 254. The average molecular weight is 202 g/mol. The molecular formula is C7H10N2O3S. The fourth-order valence-corrected chi connectivity index (χ4v) is 1.34. The van der Waals surface area contributed by atoms with Crippen LogP contribution in [0, 0.1) is 0 Å². The molecule has 0 spiro atoms. The highest BCUT2D eigenvalue weighted by atomic mass is 32.1. The molecule has 1 aliphatic rings. The van der Waals surface area contributed by atoms with Gasteiger partial charge >= 0.3 is 5.97 Å². The lowest BCUT2D eigenvalue weighted by molar-refractivity contribution is -0.137. The first kappa shape index (κ1) is 9.91. The number of carboxylic acid groups (broad SMARTS) is 1. The SMILES string of the molecule is O=C(O)CCN1CCC(=O)NC1=S. The molecule has 0 unspecified atom stereocenters. The highest BCUT2D eigenvalue weighted by Gasteiger charge is 2.19. The van der Waals surface area contributed by atoms with Gasteiger partial charge in [-0.1, -0.05) is 0 Å². The first-order valence-electron chi connectivity index (χ1n) is 3.90. The molecule has 0 atom stereocenters. The largest absolute Gasteiger partial charge is 0.481 e. The van der Waals surface area contributed by atoms with E-state index in [0.717, 1.165) is 0 Å². The van der Waals surface area contributed by atoms with E-state index < -0.39 is 5.97 Å². The van der Waals surface area contributed by atoms with Crippen LogP contribution < -0.4 is 5.32 Å². The topological polar surface area (TPSA) is 69.6 Å². The summed E-state index contributed by atoms with van der Waals surface area (Å²) in [6.07, 6.45) is 0.412. The average Bonchev–Trinajstić information content (AvgIpc) is 2.02. The Hall–Kier alpha value is -1.17. The molecule has 1 aliphatic heterocycles. The van der Waals surface area contributed by atoms with Gasteiger partial charge in [-0.05, 0) is 12.2 Å². The predicted octanol–water partition coefficient (Wildman–Crippen LogP) is -0.432. The van der Waals surface area contributed by atoms with Crippen LogP contribution in [-0.2, 0) is 9.59 Å². The molecule has 0 aromatic carbocycles. The maximum atomic E-state index is 10.8. The second kappa shape index (κ2) is 4.18. The molecule has 1 rings (SSSR count). The van der Waals surface area contributed by atoms with Gasteiger partial charge in [0, 0.05) is 19.5 Å². The van der Waals surface area contributed by atoms with Gasteiger partial charge in [-0.15, -0.1) is 0 Å². The minimum Gasteiger partial charge on any atom is -0.481 e. The standard InChI is InChI=1S/C7H10N2O3S/c10-5-1-3-9(7(13)8-5)4-2-6(11)12/h1-4H2,(H,11,12)(H,8,10,13). The maximum Gasteiger partial charge on any atom is 0.305 e. The third-order valence-corrected chi connectivity index (χ3v) is 2.10. The molecule has 1 amide bonds.